The first kappa shape index (κ1) is 17.4. The first-order valence-electron chi connectivity index (χ1n) is 5.91. The molecule has 1 atom stereocenters. The Balaban J connectivity index is 0.00000200. The lowest BCUT2D eigenvalue weighted by atomic mass is 10.2. The summed E-state index contributed by atoms with van der Waals surface area (Å²) in [6, 6.07) is 6.31. The SMILES string of the molecule is Cl.N#Cc1cc(Br)cc(S(=O)(=O)N2CCCC2CN)c1. The number of nitriles is 1. The second-order valence-electron chi connectivity index (χ2n) is 4.43. The van der Waals surface area contributed by atoms with Crippen LogP contribution in [-0.4, -0.2) is 31.9 Å². The Bertz CT molecular complexity index is 630. The molecule has 1 aromatic rings. The zero-order valence-electron chi connectivity index (χ0n) is 10.6. The van der Waals surface area contributed by atoms with Gasteiger partial charge in [-0.1, -0.05) is 15.9 Å². The second-order valence-corrected chi connectivity index (χ2v) is 7.24. The third kappa shape index (κ3) is 3.32. The van der Waals surface area contributed by atoms with Gasteiger partial charge in [-0.15, -0.1) is 12.4 Å². The Morgan fingerprint density at radius 2 is 2.15 bits per heavy atom. The van der Waals surface area contributed by atoms with E-state index in [-0.39, 0.29) is 23.3 Å². The molecule has 0 amide bonds. The molecule has 0 bridgehead atoms. The van der Waals surface area contributed by atoms with Crippen LogP contribution in [0.1, 0.15) is 18.4 Å². The highest BCUT2D eigenvalue weighted by molar-refractivity contribution is 9.10. The van der Waals surface area contributed by atoms with Crippen LogP contribution >= 0.6 is 28.3 Å². The summed E-state index contributed by atoms with van der Waals surface area (Å²) >= 11 is 3.23. The molecule has 0 aromatic heterocycles. The highest BCUT2D eigenvalue weighted by Crippen LogP contribution is 2.27. The molecule has 5 nitrogen and oxygen atoms in total. The van der Waals surface area contributed by atoms with E-state index in [0.29, 0.717) is 23.1 Å². The van der Waals surface area contributed by atoms with E-state index in [1.165, 1.54) is 16.4 Å². The molecule has 1 saturated heterocycles. The fourth-order valence-electron chi connectivity index (χ4n) is 2.27. The van der Waals surface area contributed by atoms with Crippen LogP contribution in [-0.2, 0) is 10.0 Å². The first-order chi connectivity index (χ1) is 8.98. The minimum atomic E-state index is -3.58. The van der Waals surface area contributed by atoms with E-state index < -0.39 is 10.0 Å². The lowest BCUT2D eigenvalue weighted by molar-refractivity contribution is 0.393. The van der Waals surface area contributed by atoms with Crippen LogP contribution in [0, 0.1) is 11.3 Å². The van der Waals surface area contributed by atoms with Crippen molar-refractivity contribution in [2.45, 2.75) is 23.8 Å². The molecule has 0 aliphatic carbocycles. The quantitative estimate of drug-likeness (QED) is 0.867. The van der Waals surface area contributed by atoms with Gasteiger partial charge in [0.05, 0.1) is 16.5 Å². The lowest BCUT2D eigenvalue weighted by Crippen LogP contribution is -2.39. The minimum Gasteiger partial charge on any atom is -0.329 e. The number of halogens is 2. The molecule has 0 spiro atoms. The number of hydrogen-bond acceptors (Lipinski definition) is 4. The third-order valence-electron chi connectivity index (χ3n) is 3.20. The van der Waals surface area contributed by atoms with Crippen LogP contribution in [0.2, 0.25) is 0 Å². The molecule has 110 valence electrons. The summed E-state index contributed by atoms with van der Waals surface area (Å²) in [5, 5.41) is 8.92. The average Bonchev–Trinajstić information content (AvgIpc) is 2.86. The molecule has 2 rings (SSSR count). The second kappa shape index (κ2) is 6.87. The monoisotopic (exact) mass is 379 g/mol. The van der Waals surface area contributed by atoms with Gasteiger partial charge in [0, 0.05) is 23.6 Å². The maximum atomic E-state index is 12.6. The molecular weight excluding hydrogens is 366 g/mol. The van der Waals surface area contributed by atoms with Gasteiger partial charge < -0.3 is 5.73 Å². The predicted octanol–water partition coefficient (Wildman–Crippen LogP) is 1.85. The van der Waals surface area contributed by atoms with E-state index in [2.05, 4.69) is 15.9 Å². The van der Waals surface area contributed by atoms with Crippen LogP contribution < -0.4 is 5.73 Å². The van der Waals surface area contributed by atoms with Crippen molar-refractivity contribution >= 4 is 38.4 Å². The van der Waals surface area contributed by atoms with Crippen molar-refractivity contribution in [1.29, 1.82) is 5.26 Å². The van der Waals surface area contributed by atoms with Gasteiger partial charge in [0.25, 0.3) is 0 Å². The molecule has 1 aliphatic heterocycles. The van der Waals surface area contributed by atoms with E-state index in [9.17, 15) is 8.42 Å². The fraction of sp³-hybridized carbons (Fsp3) is 0.417. The van der Waals surface area contributed by atoms with Gasteiger partial charge in [0.1, 0.15) is 0 Å². The topological polar surface area (TPSA) is 87.2 Å². The summed E-state index contributed by atoms with van der Waals surface area (Å²) in [5.74, 6) is 0. The van der Waals surface area contributed by atoms with Gasteiger partial charge in [0.2, 0.25) is 10.0 Å². The van der Waals surface area contributed by atoms with Crippen molar-refractivity contribution < 1.29 is 8.42 Å². The maximum Gasteiger partial charge on any atom is 0.243 e. The van der Waals surface area contributed by atoms with Crippen LogP contribution in [0.25, 0.3) is 0 Å². The summed E-state index contributed by atoms with van der Waals surface area (Å²) in [7, 11) is -3.58. The summed E-state index contributed by atoms with van der Waals surface area (Å²) in [5.41, 5.74) is 5.93. The number of sulfonamides is 1. The van der Waals surface area contributed by atoms with Crippen molar-refractivity contribution in [3.8, 4) is 6.07 Å². The Kier molecular flexibility index (Phi) is 5.98. The van der Waals surface area contributed by atoms with E-state index in [1.54, 1.807) is 6.07 Å². The van der Waals surface area contributed by atoms with Gasteiger partial charge in [-0.05, 0) is 31.0 Å². The smallest absolute Gasteiger partial charge is 0.243 e. The van der Waals surface area contributed by atoms with Gasteiger partial charge in [-0.3, -0.25) is 0 Å². The minimum absolute atomic E-state index is 0. The molecule has 0 saturated carbocycles. The average molecular weight is 381 g/mol. The van der Waals surface area contributed by atoms with Crippen molar-refractivity contribution in [2.24, 2.45) is 5.73 Å². The summed E-state index contributed by atoms with van der Waals surface area (Å²) in [6.45, 7) is 0.803. The molecule has 1 fully saturated rings. The van der Waals surface area contributed by atoms with Gasteiger partial charge in [-0.2, -0.15) is 9.57 Å². The summed E-state index contributed by atoms with van der Waals surface area (Å²) in [6.07, 6.45) is 1.61. The molecule has 2 N–H and O–H groups in total. The van der Waals surface area contributed by atoms with Crippen LogP contribution in [0.15, 0.2) is 27.6 Å². The van der Waals surface area contributed by atoms with Crippen LogP contribution in [0.5, 0.6) is 0 Å². The van der Waals surface area contributed by atoms with E-state index >= 15 is 0 Å². The maximum absolute atomic E-state index is 12.6. The molecule has 1 aromatic carbocycles. The van der Waals surface area contributed by atoms with Gasteiger partial charge >= 0.3 is 0 Å². The van der Waals surface area contributed by atoms with E-state index in [4.69, 9.17) is 11.0 Å². The van der Waals surface area contributed by atoms with Gasteiger partial charge in [-0.25, -0.2) is 8.42 Å². The van der Waals surface area contributed by atoms with E-state index in [0.717, 1.165) is 12.8 Å². The first-order valence-corrected chi connectivity index (χ1v) is 8.15. The standard InChI is InChI=1S/C12H14BrN3O2S.ClH/c13-10-4-9(7-14)5-12(6-10)19(17,18)16-3-1-2-11(16)8-15;/h4-6,11H,1-3,8,15H2;1H. The predicted molar refractivity (Wildman–Crippen MR) is 82.1 cm³/mol. The van der Waals surface area contributed by atoms with Gasteiger partial charge in [0.15, 0.2) is 0 Å². The molecule has 20 heavy (non-hydrogen) atoms. The fourth-order valence-corrected chi connectivity index (χ4v) is 4.69. The summed E-state index contributed by atoms with van der Waals surface area (Å²) < 4.78 is 27.1. The Labute approximate surface area is 133 Å². The molecule has 1 unspecified atom stereocenters. The number of rotatable bonds is 3. The molecule has 0 radical (unpaired) electrons. The van der Waals surface area contributed by atoms with Crippen molar-refractivity contribution in [3.63, 3.8) is 0 Å². The zero-order chi connectivity index (χ0) is 14.0. The van der Waals surface area contributed by atoms with Crippen LogP contribution in [0.3, 0.4) is 0 Å². The van der Waals surface area contributed by atoms with Crippen molar-refractivity contribution in [2.75, 3.05) is 13.1 Å². The third-order valence-corrected chi connectivity index (χ3v) is 5.59. The Morgan fingerprint density at radius 3 is 2.75 bits per heavy atom. The van der Waals surface area contributed by atoms with Crippen molar-refractivity contribution in [1.82, 2.24) is 4.31 Å². The molecular formula is C12H15BrClN3O2S. The Morgan fingerprint density at radius 1 is 1.45 bits per heavy atom. The largest absolute Gasteiger partial charge is 0.329 e. The highest BCUT2D eigenvalue weighted by atomic mass is 79.9. The molecule has 8 heteroatoms. The lowest BCUT2D eigenvalue weighted by Gasteiger charge is -2.23. The van der Waals surface area contributed by atoms with Crippen LogP contribution in [0.4, 0.5) is 0 Å². The molecule has 1 aliphatic rings. The molecule has 1 heterocycles. The summed E-state index contributed by atoms with van der Waals surface area (Å²) in [4.78, 5) is 0.138. The number of nitrogens with zero attached hydrogens (tertiary/aromatic N) is 2. The Hall–Kier alpha value is -0.650. The van der Waals surface area contributed by atoms with E-state index in [1.807, 2.05) is 6.07 Å². The zero-order valence-corrected chi connectivity index (χ0v) is 13.8. The normalized spacial score (nSPS) is 19.4. The number of hydrogen-bond donors (Lipinski definition) is 1. The highest BCUT2D eigenvalue weighted by Gasteiger charge is 2.34. The number of nitrogens with two attached hydrogens (primary N) is 1. The van der Waals surface area contributed by atoms with Crippen molar-refractivity contribution in [3.05, 3.63) is 28.2 Å². The number of benzene rings is 1.